The van der Waals surface area contributed by atoms with Gasteiger partial charge in [0, 0.05) is 37.8 Å². The van der Waals surface area contributed by atoms with E-state index in [1.807, 2.05) is 4.90 Å². The third-order valence-corrected chi connectivity index (χ3v) is 4.97. The van der Waals surface area contributed by atoms with Crippen LogP contribution in [0.3, 0.4) is 0 Å². The number of rotatable bonds is 2. The highest BCUT2D eigenvalue weighted by atomic mass is 16.5. The van der Waals surface area contributed by atoms with Gasteiger partial charge in [-0.2, -0.15) is 0 Å². The van der Waals surface area contributed by atoms with Gasteiger partial charge in [-0.15, -0.1) is 0 Å². The van der Waals surface area contributed by atoms with Gasteiger partial charge in [0.15, 0.2) is 0 Å². The molecule has 0 radical (unpaired) electrons. The Kier molecular flexibility index (Phi) is 4.90. The minimum Gasteiger partial charge on any atom is -0.372 e. The van der Waals surface area contributed by atoms with Crippen molar-refractivity contribution < 1.29 is 9.53 Å². The van der Waals surface area contributed by atoms with Gasteiger partial charge < -0.3 is 14.5 Å². The molecule has 126 valence electrons. The SMILES string of the molecule is Cc1ccc(N2CCC(C(=O)N3C[C@@H](C)O[C@@H](C)C3)CC2)cc1. The lowest BCUT2D eigenvalue weighted by atomic mass is 9.94. The number of ether oxygens (including phenoxy) is 1. The van der Waals surface area contributed by atoms with Crippen molar-refractivity contribution in [1.82, 2.24) is 4.90 Å². The normalized spacial score (nSPS) is 26.4. The molecule has 1 amide bonds. The first-order valence-electron chi connectivity index (χ1n) is 8.79. The van der Waals surface area contributed by atoms with Crippen molar-refractivity contribution in [3.63, 3.8) is 0 Å². The van der Waals surface area contributed by atoms with Gasteiger partial charge in [0.1, 0.15) is 0 Å². The molecule has 0 N–H and O–H groups in total. The minimum atomic E-state index is 0.148. The second-order valence-corrected chi connectivity index (χ2v) is 7.10. The average Bonchev–Trinajstić information content (AvgIpc) is 2.54. The van der Waals surface area contributed by atoms with Crippen LogP contribution in [0.25, 0.3) is 0 Å². The fraction of sp³-hybridized carbons (Fsp3) is 0.632. The molecule has 2 heterocycles. The lowest BCUT2D eigenvalue weighted by Gasteiger charge is -2.39. The standard InChI is InChI=1S/C19H28N2O2/c1-14-4-6-18(7-5-14)20-10-8-17(9-11-20)19(22)21-12-15(2)23-16(3)13-21/h4-7,15-17H,8-13H2,1-3H3/t15-,16+. The highest BCUT2D eigenvalue weighted by Crippen LogP contribution is 2.26. The highest BCUT2D eigenvalue weighted by Gasteiger charge is 2.32. The summed E-state index contributed by atoms with van der Waals surface area (Å²) in [6.07, 6.45) is 2.20. The molecule has 0 bridgehead atoms. The van der Waals surface area contributed by atoms with E-state index in [9.17, 15) is 4.79 Å². The first-order valence-corrected chi connectivity index (χ1v) is 8.79. The first kappa shape index (κ1) is 16.3. The number of nitrogens with zero attached hydrogens (tertiary/aromatic N) is 2. The summed E-state index contributed by atoms with van der Waals surface area (Å²) in [5.41, 5.74) is 2.56. The molecule has 2 atom stereocenters. The first-order chi connectivity index (χ1) is 11.0. The van der Waals surface area contributed by atoms with Crippen molar-refractivity contribution in [3.8, 4) is 0 Å². The number of anilines is 1. The molecule has 2 aliphatic heterocycles. The van der Waals surface area contributed by atoms with Crippen molar-refractivity contribution in [2.24, 2.45) is 5.92 Å². The fourth-order valence-corrected chi connectivity index (χ4v) is 3.76. The molecule has 1 aromatic rings. The zero-order valence-corrected chi connectivity index (χ0v) is 14.5. The largest absolute Gasteiger partial charge is 0.372 e. The number of hydrogen-bond donors (Lipinski definition) is 0. The summed E-state index contributed by atoms with van der Waals surface area (Å²) in [6.45, 7) is 9.62. The molecule has 0 saturated carbocycles. The van der Waals surface area contributed by atoms with Crippen LogP contribution in [0.5, 0.6) is 0 Å². The molecule has 4 heteroatoms. The Morgan fingerprint density at radius 2 is 1.61 bits per heavy atom. The number of aryl methyl sites for hydroxylation is 1. The Hall–Kier alpha value is -1.55. The van der Waals surface area contributed by atoms with E-state index in [4.69, 9.17) is 4.74 Å². The van der Waals surface area contributed by atoms with Gasteiger partial charge in [-0.3, -0.25) is 4.79 Å². The zero-order valence-electron chi connectivity index (χ0n) is 14.5. The number of carbonyl (C=O) groups excluding carboxylic acids is 1. The summed E-state index contributed by atoms with van der Waals surface area (Å²) < 4.78 is 5.74. The van der Waals surface area contributed by atoms with Crippen LogP contribution in [0.1, 0.15) is 32.3 Å². The molecule has 2 fully saturated rings. The summed E-state index contributed by atoms with van der Waals surface area (Å²) >= 11 is 0. The predicted molar refractivity (Wildman–Crippen MR) is 92.7 cm³/mol. The molecular weight excluding hydrogens is 288 g/mol. The Morgan fingerprint density at radius 1 is 1.04 bits per heavy atom. The summed E-state index contributed by atoms with van der Waals surface area (Å²) in [7, 11) is 0. The van der Waals surface area contributed by atoms with Crippen LogP contribution >= 0.6 is 0 Å². The summed E-state index contributed by atoms with van der Waals surface area (Å²) in [6, 6.07) is 8.68. The Morgan fingerprint density at radius 3 is 2.17 bits per heavy atom. The smallest absolute Gasteiger partial charge is 0.225 e. The van der Waals surface area contributed by atoms with Gasteiger partial charge in [-0.05, 0) is 45.7 Å². The van der Waals surface area contributed by atoms with Crippen LogP contribution in [-0.2, 0) is 9.53 Å². The van der Waals surface area contributed by atoms with Gasteiger partial charge in [0.25, 0.3) is 0 Å². The van der Waals surface area contributed by atoms with Crippen molar-refractivity contribution in [2.45, 2.75) is 45.8 Å². The van der Waals surface area contributed by atoms with Crippen LogP contribution in [-0.4, -0.2) is 49.2 Å². The second kappa shape index (κ2) is 6.91. The van der Waals surface area contributed by atoms with Crippen molar-refractivity contribution in [2.75, 3.05) is 31.1 Å². The quantitative estimate of drug-likeness (QED) is 0.841. The van der Waals surface area contributed by atoms with Gasteiger partial charge >= 0.3 is 0 Å². The van der Waals surface area contributed by atoms with Crippen LogP contribution < -0.4 is 4.90 Å². The van der Waals surface area contributed by atoms with E-state index >= 15 is 0 Å². The fourth-order valence-electron chi connectivity index (χ4n) is 3.76. The number of piperidine rings is 1. The van der Waals surface area contributed by atoms with Crippen molar-refractivity contribution >= 4 is 11.6 Å². The Balaban J connectivity index is 1.56. The van der Waals surface area contributed by atoms with E-state index < -0.39 is 0 Å². The number of amides is 1. The van der Waals surface area contributed by atoms with Gasteiger partial charge in [0.2, 0.25) is 5.91 Å². The Labute approximate surface area is 139 Å². The van der Waals surface area contributed by atoms with Crippen LogP contribution in [0.2, 0.25) is 0 Å². The molecule has 0 spiro atoms. The van der Waals surface area contributed by atoms with Gasteiger partial charge in [-0.25, -0.2) is 0 Å². The van der Waals surface area contributed by atoms with Crippen molar-refractivity contribution in [3.05, 3.63) is 29.8 Å². The van der Waals surface area contributed by atoms with E-state index in [2.05, 4.69) is 49.9 Å². The molecular formula is C19H28N2O2. The Bertz CT molecular complexity index is 525. The van der Waals surface area contributed by atoms with Gasteiger partial charge in [-0.1, -0.05) is 17.7 Å². The van der Waals surface area contributed by atoms with Crippen LogP contribution in [0.15, 0.2) is 24.3 Å². The monoisotopic (exact) mass is 316 g/mol. The van der Waals surface area contributed by atoms with Crippen molar-refractivity contribution in [1.29, 1.82) is 0 Å². The molecule has 23 heavy (non-hydrogen) atoms. The molecule has 3 rings (SSSR count). The lowest BCUT2D eigenvalue weighted by Crippen LogP contribution is -2.51. The van der Waals surface area contributed by atoms with E-state index in [1.54, 1.807) is 0 Å². The number of carbonyl (C=O) groups is 1. The van der Waals surface area contributed by atoms with E-state index in [-0.39, 0.29) is 18.1 Å². The number of morpholine rings is 1. The maximum absolute atomic E-state index is 12.8. The van der Waals surface area contributed by atoms with Crippen LogP contribution in [0.4, 0.5) is 5.69 Å². The molecule has 2 saturated heterocycles. The minimum absolute atomic E-state index is 0.148. The predicted octanol–water partition coefficient (Wildman–Crippen LogP) is 2.85. The van der Waals surface area contributed by atoms with E-state index in [0.29, 0.717) is 5.91 Å². The third-order valence-electron chi connectivity index (χ3n) is 4.97. The number of hydrogen-bond acceptors (Lipinski definition) is 3. The van der Waals surface area contributed by atoms with Gasteiger partial charge in [0.05, 0.1) is 12.2 Å². The lowest BCUT2D eigenvalue weighted by molar-refractivity contribution is -0.148. The molecule has 0 aliphatic carbocycles. The summed E-state index contributed by atoms with van der Waals surface area (Å²) in [5, 5.41) is 0. The van der Waals surface area contributed by atoms with Crippen LogP contribution in [0, 0.1) is 12.8 Å². The van der Waals surface area contributed by atoms with E-state index in [0.717, 1.165) is 39.0 Å². The average molecular weight is 316 g/mol. The topological polar surface area (TPSA) is 32.8 Å². The molecule has 2 aliphatic rings. The molecule has 1 aromatic carbocycles. The summed E-state index contributed by atoms with van der Waals surface area (Å²) in [4.78, 5) is 17.2. The third kappa shape index (κ3) is 3.86. The number of benzene rings is 1. The zero-order chi connectivity index (χ0) is 16.4. The summed E-state index contributed by atoms with van der Waals surface area (Å²) in [5.74, 6) is 0.504. The molecule has 4 nitrogen and oxygen atoms in total. The maximum Gasteiger partial charge on any atom is 0.225 e. The second-order valence-electron chi connectivity index (χ2n) is 7.10. The molecule has 0 aromatic heterocycles. The highest BCUT2D eigenvalue weighted by molar-refractivity contribution is 5.79. The molecule has 0 unspecified atom stereocenters. The van der Waals surface area contributed by atoms with E-state index in [1.165, 1.54) is 11.3 Å². The maximum atomic E-state index is 12.8.